The average molecular weight is 545 g/mol. The van der Waals surface area contributed by atoms with Gasteiger partial charge >= 0.3 is 5.97 Å². The van der Waals surface area contributed by atoms with Gasteiger partial charge in [0.1, 0.15) is 6.61 Å². The largest absolute Gasteiger partial charge is 0.460 e. The molecule has 1 saturated heterocycles. The van der Waals surface area contributed by atoms with E-state index < -0.39 is 0 Å². The lowest BCUT2D eigenvalue weighted by molar-refractivity contribution is -0.189. The van der Waals surface area contributed by atoms with Crippen molar-refractivity contribution in [1.29, 1.82) is 0 Å². The van der Waals surface area contributed by atoms with Crippen molar-refractivity contribution in [2.75, 3.05) is 0 Å². The van der Waals surface area contributed by atoms with E-state index in [1.165, 1.54) is 19.3 Å². The molecule has 218 valence electrons. The highest BCUT2D eigenvalue weighted by molar-refractivity contribution is 5.79. The molecule has 0 spiro atoms. The molecule has 6 aliphatic rings. The van der Waals surface area contributed by atoms with Crippen LogP contribution in [-0.4, -0.2) is 18.2 Å². The molecule has 1 heterocycles. The fourth-order valence-electron chi connectivity index (χ4n) is 12.2. The predicted octanol–water partition coefficient (Wildman–Crippen LogP) is 8.76. The van der Waals surface area contributed by atoms with Gasteiger partial charge in [-0.05, 0) is 108 Å². The summed E-state index contributed by atoms with van der Waals surface area (Å²) in [4.78, 5) is 14.2. The maximum absolute atomic E-state index is 14.2. The van der Waals surface area contributed by atoms with Crippen LogP contribution >= 0.6 is 0 Å². The SMILES string of the molecule is C[C@H]1[C@H](C)CC[C@]2(C(=O)OCc3ccccc3)CC[C@]3(C)C(=CC[C@@H]4[C@@]5(C)C[C@H]6O[C@H]6C(C)(C)[C@@H]5CC[C@]43C)[C@H]12. The molecule has 5 fully saturated rings. The van der Waals surface area contributed by atoms with Crippen molar-refractivity contribution in [3.63, 3.8) is 0 Å². The van der Waals surface area contributed by atoms with Crippen molar-refractivity contribution < 1.29 is 14.3 Å². The Hall–Kier alpha value is -1.61. The molecule has 3 nitrogen and oxygen atoms in total. The van der Waals surface area contributed by atoms with Crippen molar-refractivity contribution in [3.8, 4) is 0 Å². The van der Waals surface area contributed by atoms with E-state index in [0.29, 0.717) is 47.9 Å². The number of rotatable bonds is 3. The fraction of sp³-hybridized carbons (Fsp3) is 0.757. The van der Waals surface area contributed by atoms with Gasteiger partial charge in [0.05, 0.1) is 17.6 Å². The normalized spacial score (nSPS) is 50.2. The quantitative estimate of drug-likeness (QED) is 0.217. The van der Waals surface area contributed by atoms with Crippen molar-refractivity contribution >= 4 is 5.97 Å². The van der Waals surface area contributed by atoms with E-state index in [1.54, 1.807) is 5.57 Å². The highest BCUT2D eigenvalue weighted by atomic mass is 16.6. The number of hydrogen-bond acceptors (Lipinski definition) is 3. The van der Waals surface area contributed by atoms with E-state index in [9.17, 15) is 4.79 Å². The van der Waals surface area contributed by atoms with E-state index in [1.807, 2.05) is 18.2 Å². The Morgan fingerprint density at radius 1 is 0.950 bits per heavy atom. The minimum Gasteiger partial charge on any atom is -0.460 e. The number of ether oxygens (including phenoxy) is 2. The Labute approximate surface area is 242 Å². The van der Waals surface area contributed by atoms with E-state index in [2.05, 4.69) is 66.7 Å². The van der Waals surface area contributed by atoms with Crippen LogP contribution in [0.3, 0.4) is 0 Å². The number of carbonyl (C=O) groups excluding carboxylic acids is 1. The van der Waals surface area contributed by atoms with Crippen molar-refractivity contribution in [1.82, 2.24) is 0 Å². The van der Waals surface area contributed by atoms with E-state index in [4.69, 9.17) is 9.47 Å². The zero-order chi connectivity index (χ0) is 28.3. The zero-order valence-electron chi connectivity index (χ0n) is 26.1. The van der Waals surface area contributed by atoms with E-state index in [-0.39, 0.29) is 27.6 Å². The van der Waals surface area contributed by atoms with Gasteiger partial charge in [-0.1, -0.05) is 90.4 Å². The van der Waals surface area contributed by atoms with E-state index in [0.717, 1.165) is 43.6 Å². The molecule has 3 heteroatoms. The number of fused-ring (bicyclic) bond motifs is 8. The lowest BCUT2D eigenvalue weighted by Crippen LogP contribution is -2.65. The highest BCUT2D eigenvalue weighted by Crippen LogP contribution is 2.77. The Bertz CT molecular complexity index is 1220. The Balaban J connectivity index is 1.26. The van der Waals surface area contributed by atoms with Crippen LogP contribution in [0.4, 0.5) is 0 Å². The minimum absolute atomic E-state index is 0.0666. The lowest BCUT2D eigenvalue weighted by atomic mass is 9.33. The minimum atomic E-state index is -0.377. The van der Waals surface area contributed by atoms with E-state index >= 15 is 0 Å². The number of esters is 1. The molecular weight excluding hydrogens is 492 g/mol. The first-order chi connectivity index (χ1) is 18.9. The lowest BCUT2D eigenvalue weighted by Gasteiger charge is -2.70. The highest BCUT2D eigenvalue weighted by Gasteiger charge is 2.72. The molecule has 0 amide bonds. The van der Waals surface area contributed by atoms with Crippen LogP contribution in [0, 0.1) is 56.7 Å². The molecule has 7 rings (SSSR count). The van der Waals surface area contributed by atoms with Gasteiger partial charge in [0.15, 0.2) is 0 Å². The van der Waals surface area contributed by atoms with Gasteiger partial charge in [0.2, 0.25) is 0 Å². The van der Waals surface area contributed by atoms with Gasteiger partial charge in [-0.25, -0.2) is 0 Å². The number of hydrogen-bond donors (Lipinski definition) is 0. The number of benzene rings is 1. The Kier molecular flexibility index (Phi) is 5.93. The third-order valence-electron chi connectivity index (χ3n) is 14.7. The monoisotopic (exact) mass is 544 g/mol. The molecular formula is C37H52O3. The molecule has 1 aromatic carbocycles. The van der Waals surface area contributed by atoms with Gasteiger partial charge in [-0.2, -0.15) is 0 Å². The molecule has 0 unspecified atom stereocenters. The number of allylic oxidation sites excluding steroid dienone is 2. The van der Waals surface area contributed by atoms with Gasteiger partial charge in [-0.3, -0.25) is 4.79 Å². The molecule has 0 bridgehead atoms. The summed E-state index contributed by atoms with van der Waals surface area (Å²) < 4.78 is 12.5. The van der Waals surface area contributed by atoms with Crippen LogP contribution in [0.5, 0.6) is 0 Å². The first-order valence-electron chi connectivity index (χ1n) is 16.5. The molecule has 0 aromatic heterocycles. The Morgan fingerprint density at radius 2 is 1.70 bits per heavy atom. The van der Waals surface area contributed by atoms with Crippen LogP contribution in [0.15, 0.2) is 42.0 Å². The summed E-state index contributed by atoms with van der Waals surface area (Å²) in [6.45, 7) is 18.2. The maximum atomic E-state index is 14.2. The smallest absolute Gasteiger partial charge is 0.313 e. The topological polar surface area (TPSA) is 38.8 Å². The number of epoxide rings is 1. The molecule has 0 radical (unpaired) electrons. The van der Waals surface area contributed by atoms with Crippen LogP contribution in [0.25, 0.3) is 0 Å². The molecule has 5 aliphatic carbocycles. The molecule has 1 aromatic rings. The van der Waals surface area contributed by atoms with Crippen molar-refractivity contribution in [3.05, 3.63) is 47.5 Å². The first kappa shape index (κ1) is 27.2. The summed E-state index contributed by atoms with van der Waals surface area (Å²) >= 11 is 0. The van der Waals surface area contributed by atoms with Crippen molar-refractivity contribution in [2.45, 2.75) is 119 Å². The molecule has 1 aliphatic heterocycles. The molecule has 0 N–H and O–H groups in total. The summed E-state index contributed by atoms with van der Waals surface area (Å²) in [7, 11) is 0. The first-order valence-corrected chi connectivity index (χ1v) is 16.5. The summed E-state index contributed by atoms with van der Waals surface area (Å²) in [5, 5.41) is 0. The predicted molar refractivity (Wildman–Crippen MR) is 159 cm³/mol. The summed E-state index contributed by atoms with van der Waals surface area (Å²) in [5.74, 6) is 2.88. The van der Waals surface area contributed by atoms with Gasteiger partial charge in [-0.15, -0.1) is 0 Å². The summed E-state index contributed by atoms with van der Waals surface area (Å²) in [6, 6.07) is 10.2. The molecule has 11 atom stereocenters. The summed E-state index contributed by atoms with van der Waals surface area (Å²) in [6.07, 6.45) is 12.8. The maximum Gasteiger partial charge on any atom is 0.313 e. The van der Waals surface area contributed by atoms with Gasteiger partial charge < -0.3 is 9.47 Å². The fourth-order valence-corrected chi connectivity index (χ4v) is 12.2. The summed E-state index contributed by atoms with van der Waals surface area (Å²) in [5.41, 5.74) is 3.30. The second-order valence-corrected chi connectivity index (χ2v) is 16.5. The van der Waals surface area contributed by atoms with Crippen molar-refractivity contribution in [2.24, 2.45) is 56.7 Å². The van der Waals surface area contributed by atoms with Gasteiger partial charge in [0, 0.05) is 0 Å². The van der Waals surface area contributed by atoms with Crippen LogP contribution in [0.1, 0.15) is 105 Å². The second kappa shape index (κ2) is 8.71. The average Bonchev–Trinajstić information content (AvgIpc) is 3.70. The number of carbonyl (C=O) groups is 1. The second-order valence-electron chi connectivity index (χ2n) is 16.5. The standard InChI is InChI=1S/C37H52O3/c1-23-15-18-37(32(38)39-22-25-11-9-8-10-12-25)20-19-35(6)26(30(37)24(23)2)13-14-29-34(5)21-27-31(40-27)33(3,4)28(34)16-17-36(29,35)7/h8-13,23-24,27-31H,14-22H2,1-7H3/t23-,24+,27-,28+,29-,30+,31-,34+,35-,36-,37+/m1/s1. The zero-order valence-corrected chi connectivity index (χ0v) is 26.1. The van der Waals surface area contributed by atoms with Crippen LogP contribution in [0.2, 0.25) is 0 Å². The molecule has 40 heavy (non-hydrogen) atoms. The molecule has 4 saturated carbocycles. The van der Waals surface area contributed by atoms with Crippen LogP contribution in [-0.2, 0) is 20.9 Å². The van der Waals surface area contributed by atoms with Gasteiger partial charge in [0.25, 0.3) is 0 Å². The third-order valence-corrected chi connectivity index (χ3v) is 14.7. The Morgan fingerprint density at radius 3 is 2.45 bits per heavy atom. The third kappa shape index (κ3) is 3.42. The van der Waals surface area contributed by atoms with Crippen LogP contribution < -0.4 is 0 Å².